The van der Waals surface area contributed by atoms with Crippen molar-refractivity contribution >= 4 is 11.6 Å². The number of nitro benzene ring substituents is 1. The van der Waals surface area contributed by atoms with Gasteiger partial charge in [0.05, 0.1) is 12.0 Å². The van der Waals surface area contributed by atoms with Gasteiger partial charge in [0, 0.05) is 18.2 Å². The van der Waals surface area contributed by atoms with Crippen molar-refractivity contribution in [3.05, 3.63) is 64.2 Å². The van der Waals surface area contributed by atoms with Crippen LogP contribution in [0.15, 0.2) is 48.5 Å². The number of nitro groups is 1. The number of hydrogen-bond acceptors (Lipinski definition) is 5. The molecule has 2 aromatic carbocycles. The van der Waals surface area contributed by atoms with Crippen molar-refractivity contribution in [2.45, 2.75) is 25.8 Å². The zero-order chi connectivity index (χ0) is 18.9. The summed E-state index contributed by atoms with van der Waals surface area (Å²) in [6, 6.07) is 14.2. The molecule has 0 heterocycles. The maximum Gasteiger partial charge on any atom is 0.311 e. The normalized spacial score (nSPS) is 11.5. The number of methoxy groups -OCH3 is 1. The van der Waals surface area contributed by atoms with E-state index >= 15 is 0 Å². The Balaban J connectivity index is 1.80. The molecule has 26 heavy (non-hydrogen) atoms. The Labute approximate surface area is 152 Å². The molecule has 2 aromatic rings. The second-order valence-corrected chi connectivity index (χ2v) is 5.87. The van der Waals surface area contributed by atoms with E-state index in [1.165, 1.54) is 30.9 Å². The lowest BCUT2D eigenvalue weighted by Crippen LogP contribution is -2.36. The van der Waals surface area contributed by atoms with Gasteiger partial charge in [-0.1, -0.05) is 30.3 Å². The fourth-order valence-electron chi connectivity index (χ4n) is 2.46. The van der Waals surface area contributed by atoms with Crippen LogP contribution in [0.3, 0.4) is 0 Å². The Morgan fingerprint density at radius 2 is 1.96 bits per heavy atom. The van der Waals surface area contributed by atoms with E-state index in [0.717, 1.165) is 12.8 Å². The number of aryl methyl sites for hydroxylation is 1. The fraction of sp³-hybridized carbons (Fsp3) is 0.316. The Kier molecular flexibility index (Phi) is 6.96. The van der Waals surface area contributed by atoms with Crippen molar-refractivity contribution < 1.29 is 19.2 Å². The minimum Gasteiger partial charge on any atom is -0.490 e. The summed E-state index contributed by atoms with van der Waals surface area (Å²) in [4.78, 5) is 22.3. The topological polar surface area (TPSA) is 90.7 Å². The van der Waals surface area contributed by atoms with Crippen molar-refractivity contribution in [2.24, 2.45) is 0 Å². The predicted molar refractivity (Wildman–Crippen MR) is 97.5 cm³/mol. The van der Waals surface area contributed by atoms with Gasteiger partial charge in [0.15, 0.2) is 6.61 Å². The van der Waals surface area contributed by atoms with E-state index in [1.807, 2.05) is 25.1 Å². The molecule has 0 aliphatic heterocycles. The van der Waals surface area contributed by atoms with Gasteiger partial charge in [0.1, 0.15) is 5.75 Å². The third kappa shape index (κ3) is 5.77. The summed E-state index contributed by atoms with van der Waals surface area (Å²) in [6.45, 7) is 1.77. The summed E-state index contributed by atoms with van der Waals surface area (Å²) in [5, 5.41) is 13.7. The Morgan fingerprint density at radius 3 is 2.62 bits per heavy atom. The van der Waals surface area contributed by atoms with Crippen LogP contribution in [0.25, 0.3) is 0 Å². The van der Waals surface area contributed by atoms with Crippen molar-refractivity contribution in [3.8, 4) is 11.5 Å². The predicted octanol–water partition coefficient (Wildman–Crippen LogP) is 3.12. The van der Waals surface area contributed by atoms with E-state index in [4.69, 9.17) is 9.47 Å². The molecule has 7 nitrogen and oxygen atoms in total. The van der Waals surface area contributed by atoms with Crippen LogP contribution in [0, 0.1) is 10.1 Å². The Morgan fingerprint density at radius 1 is 1.23 bits per heavy atom. The van der Waals surface area contributed by atoms with E-state index < -0.39 is 4.92 Å². The highest BCUT2D eigenvalue weighted by molar-refractivity contribution is 5.77. The average molecular weight is 358 g/mol. The summed E-state index contributed by atoms with van der Waals surface area (Å²) in [5.74, 6) is 0.173. The average Bonchev–Trinajstić information content (AvgIpc) is 2.65. The van der Waals surface area contributed by atoms with Gasteiger partial charge in [0.2, 0.25) is 5.75 Å². The summed E-state index contributed by atoms with van der Waals surface area (Å²) in [7, 11) is 1.34. The van der Waals surface area contributed by atoms with Crippen molar-refractivity contribution in [2.75, 3.05) is 13.7 Å². The third-order valence-corrected chi connectivity index (χ3v) is 3.83. The maximum absolute atomic E-state index is 12.0. The minimum atomic E-state index is -0.538. The van der Waals surface area contributed by atoms with Crippen LogP contribution in [-0.4, -0.2) is 30.6 Å². The molecule has 0 saturated carbocycles. The van der Waals surface area contributed by atoms with Gasteiger partial charge in [-0.15, -0.1) is 0 Å². The highest BCUT2D eigenvalue weighted by Gasteiger charge is 2.16. The van der Waals surface area contributed by atoms with Crippen molar-refractivity contribution in [1.29, 1.82) is 0 Å². The molecule has 138 valence electrons. The van der Waals surface area contributed by atoms with Crippen LogP contribution in [0.4, 0.5) is 5.69 Å². The molecule has 1 atom stereocenters. The SMILES string of the molecule is COc1cc(OCC(=O)NC(C)CCc2ccccc2)ccc1[N+](=O)[O-]. The molecule has 0 aliphatic carbocycles. The lowest BCUT2D eigenvalue weighted by atomic mass is 10.1. The van der Waals surface area contributed by atoms with Crippen molar-refractivity contribution in [1.82, 2.24) is 5.32 Å². The van der Waals surface area contributed by atoms with Crippen LogP contribution in [0.1, 0.15) is 18.9 Å². The lowest BCUT2D eigenvalue weighted by molar-refractivity contribution is -0.385. The number of benzene rings is 2. The minimum absolute atomic E-state index is 0.0118. The second kappa shape index (κ2) is 9.41. The highest BCUT2D eigenvalue weighted by Crippen LogP contribution is 2.30. The van der Waals surface area contributed by atoms with Crippen LogP contribution in [0.2, 0.25) is 0 Å². The smallest absolute Gasteiger partial charge is 0.311 e. The number of amides is 1. The number of hydrogen-bond donors (Lipinski definition) is 1. The molecule has 0 fully saturated rings. The third-order valence-electron chi connectivity index (χ3n) is 3.83. The fourth-order valence-corrected chi connectivity index (χ4v) is 2.46. The standard InChI is InChI=1S/C19H22N2O5/c1-14(8-9-15-6-4-3-5-7-15)20-19(22)13-26-16-10-11-17(21(23)24)18(12-16)25-2/h3-7,10-12,14H,8-9,13H2,1-2H3,(H,20,22). The van der Waals surface area contributed by atoms with E-state index in [1.54, 1.807) is 0 Å². The van der Waals surface area contributed by atoms with Gasteiger partial charge in [-0.3, -0.25) is 14.9 Å². The van der Waals surface area contributed by atoms with E-state index in [9.17, 15) is 14.9 Å². The second-order valence-electron chi connectivity index (χ2n) is 5.87. The largest absolute Gasteiger partial charge is 0.490 e. The number of nitrogens with zero attached hydrogens (tertiary/aromatic N) is 1. The molecular formula is C19H22N2O5. The van der Waals surface area contributed by atoms with E-state index in [0.29, 0.717) is 5.75 Å². The molecule has 0 aromatic heterocycles. The molecule has 1 amide bonds. The van der Waals surface area contributed by atoms with Gasteiger partial charge < -0.3 is 14.8 Å². The van der Waals surface area contributed by atoms with Crippen LogP contribution in [-0.2, 0) is 11.2 Å². The van der Waals surface area contributed by atoms with E-state index in [2.05, 4.69) is 17.4 Å². The zero-order valence-electron chi connectivity index (χ0n) is 14.8. The van der Waals surface area contributed by atoms with Gasteiger partial charge in [0.25, 0.3) is 5.91 Å². The zero-order valence-corrected chi connectivity index (χ0v) is 14.8. The van der Waals surface area contributed by atoms with Crippen molar-refractivity contribution in [3.63, 3.8) is 0 Å². The van der Waals surface area contributed by atoms with Crippen LogP contribution in [0.5, 0.6) is 11.5 Å². The molecule has 2 rings (SSSR count). The molecule has 1 unspecified atom stereocenters. The first-order valence-electron chi connectivity index (χ1n) is 8.28. The summed E-state index contributed by atoms with van der Waals surface area (Å²) in [6.07, 6.45) is 1.70. The first-order chi connectivity index (χ1) is 12.5. The van der Waals surface area contributed by atoms with E-state index in [-0.39, 0.29) is 30.0 Å². The Bertz CT molecular complexity index is 749. The van der Waals surface area contributed by atoms with Gasteiger partial charge in [-0.25, -0.2) is 0 Å². The monoisotopic (exact) mass is 358 g/mol. The first kappa shape index (κ1) is 19.2. The molecular weight excluding hydrogens is 336 g/mol. The molecule has 0 spiro atoms. The van der Waals surface area contributed by atoms with Crippen LogP contribution < -0.4 is 14.8 Å². The number of rotatable bonds is 9. The molecule has 7 heteroatoms. The number of ether oxygens (including phenoxy) is 2. The van der Waals surface area contributed by atoms with Gasteiger partial charge in [-0.05, 0) is 31.4 Å². The molecule has 0 aliphatic rings. The van der Waals surface area contributed by atoms with Gasteiger partial charge >= 0.3 is 5.69 Å². The summed E-state index contributed by atoms with van der Waals surface area (Å²) >= 11 is 0. The quantitative estimate of drug-likeness (QED) is 0.549. The molecule has 0 bridgehead atoms. The molecule has 0 saturated heterocycles. The molecule has 0 radical (unpaired) electrons. The number of nitrogens with one attached hydrogen (secondary N) is 1. The maximum atomic E-state index is 12.0. The Hall–Kier alpha value is -3.09. The number of carbonyl (C=O) groups is 1. The number of carbonyl (C=O) groups excluding carboxylic acids is 1. The van der Waals surface area contributed by atoms with Gasteiger partial charge in [-0.2, -0.15) is 0 Å². The first-order valence-corrected chi connectivity index (χ1v) is 8.28. The van der Waals surface area contributed by atoms with Crippen LogP contribution >= 0.6 is 0 Å². The molecule has 1 N–H and O–H groups in total. The highest BCUT2D eigenvalue weighted by atomic mass is 16.6. The summed E-state index contributed by atoms with van der Waals surface area (Å²) in [5.41, 5.74) is 1.07. The lowest BCUT2D eigenvalue weighted by Gasteiger charge is -2.14. The summed E-state index contributed by atoms with van der Waals surface area (Å²) < 4.78 is 10.4.